The Morgan fingerprint density at radius 1 is 1.17 bits per heavy atom. The molecule has 0 saturated heterocycles. The van der Waals surface area contributed by atoms with Gasteiger partial charge in [0, 0.05) is 5.02 Å². The smallest absolute Gasteiger partial charge is 0.329 e. The monoisotopic (exact) mass is 360 g/mol. The molecular formula is C15H18Cl2N2O4. The standard InChI is InChI=1S/C15H18Cl2N2O4/c1-7(2)12(15(22)23-8(3)13(18)20)19-14(21)10-5-4-9(16)6-11(10)17/h4-8,12H,1-3H3,(H2,18,20)(H,19,21)/t8-,12-/m0/s1. The zero-order chi connectivity index (χ0) is 17.7. The number of carbonyl (C=O) groups is 3. The first-order valence-electron chi connectivity index (χ1n) is 6.89. The van der Waals surface area contributed by atoms with Crippen molar-refractivity contribution in [2.45, 2.75) is 32.9 Å². The van der Waals surface area contributed by atoms with E-state index >= 15 is 0 Å². The van der Waals surface area contributed by atoms with Crippen LogP contribution in [0.2, 0.25) is 10.0 Å². The lowest BCUT2D eigenvalue weighted by atomic mass is 10.0. The van der Waals surface area contributed by atoms with Gasteiger partial charge in [-0.05, 0) is 31.0 Å². The van der Waals surface area contributed by atoms with Gasteiger partial charge in [0.05, 0.1) is 10.6 Å². The molecule has 0 fully saturated rings. The maximum atomic E-state index is 12.3. The van der Waals surface area contributed by atoms with E-state index in [0.717, 1.165) is 0 Å². The number of rotatable bonds is 6. The minimum Gasteiger partial charge on any atom is -0.451 e. The van der Waals surface area contributed by atoms with Crippen molar-refractivity contribution in [1.29, 1.82) is 0 Å². The summed E-state index contributed by atoms with van der Waals surface area (Å²) in [5.41, 5.74) is 5.23. The third kappa shape index (κ3) is 5.41. The number of hydrogen-bond acceptors (Lipinski definition) is 4. The molecule has 0 bridgehead atoms. The largest absolute Gasteiger partial charge is 0.451 e. The second kappa shape index (κ2) is 8.17. The van der Waals surface area contributed by atoms with Crippen molar-refractivity contribution in [1.82, 2.24) is 5.32 Å². The molecule has 1 aromatic rings. The summed E-state index contributed by atoms with van der Waals surface area (Å²) in [6, 6.07) is 3.45. The van der Waals surface area contributed by atoms with Crippen molar-refractivity contribution in [2.75, 3.05) is 0 Å². The van der Waals surface area contributed by atoms with E-state index in [1.54, 1.807) is 13.8 Å². The van der Waals surface area contributed by atoms with E-state index < -0.39 is 29.9 Å². The SMILES string of the molecule is CC(C)[C@H](NC(=O)c1ccc(Cl)cc1Cl)C(=O)O[C@@H](C)C(N)=O. The summed E-state index contributed by atoms with van der Waals surface area (Å²) in [6.45, 7) is 4.81. The normalized spacial score (nSPS) is 13.3. The third-order valence-electron chi connectivity index (χ3n) is 3.08. The first-order valence-corrected chi connectivity index (χ1v) is 7.64. The van der Waals surface area contributed by atoms with Crippen molar-refractivity contribution >= 4 is 41.0 Å². The summed E-state index contributed by atoms with van der Waals surface area (Å²) in [7, 11) is 0. The number of amides is 2. The highest BCUT2D eigenvalue weighted by molar-refractivity contribution is 6.36. The van der Waals surface area contributed by atoms with E-state index in [1.807, 2.05) is 0 Å². The molecule has 0 unspecified atom stereocenters. The lowest BCUT2D eigenvalue weighted by Crippen LogP contribution is -2.47. The molecule has 2 amide bonds. The quantitative estimate of drug-likeness (QED) is 0.759. The van der Waals surface area contributed by atoms with Crippen LogP contribution in [-0.2, 0) is 14.3 Å². The molecule has 0 aliphatic rings. The van der Waals surface area contributed by atoms with E-state index in [4.69, 9.17) is 33.7 Å². The Labute approximate surface area is 144 Å². The Morgan fingerprint density at radius 3 is 2.26 bits per heavy atom. The highest BCUT2D eigenvalue weighted by Gasteiger charge is 2.29. The Balaban J connectivity index is 2.89. The first-order chi connectivity index (χ1) is 10.6. The molecule has 0 saturated carbocycles. The summed E-state index contributed by atoms with van der Waals surface area (Å²) in [5, 5.41) is 3.10. The molecule has 0 spiro atoms. The maximum absolute atomic E-state index is 12.3. The number of carbonyl (C=O) groups excluding carboxylic acids is 3. The van der Waals surface area contributed by atoms with Gasteiger partial charge >= 0.3 is 5.97 Å². The van der Waals surface area contributed by atoms with Crippen molar-refractivity contribution in [3.05, 3.63) is 33.8 Å². The number of halogens is 2. The zero-order valence-corrected chi connectivity index (χ0v) is 14.4. The van der Waals surface area contributed by atoms with Crippen LogP contribution in [0.15, 0.2) is 18.2 Å². The van der Waals surface area contributed by atoms with Crippen LogP contribution in [0.5, 0.6) is 0 Å². The van der Waals surface area contributed by atoms with Crippen molar-refractivity contribution < 1.29 is 19.1 Å². The Hall–Kier alpha value is -1.79. The molecule has 6 nitrogen and oxygen atoms in total. The van der Waals surface area contributed by atoms with Gasteiger partial charge in [-0.15, -0.1) is 0 Å². The predicted molar refractivity (Wildman–Crippen MR) is 87.3 cm³/mol. The van der Waals surface area contributed by atoms with Gasteiger partial charge < -0.3 is 15.8 Å². The van der Waals surface area contributed by atoms with Crippen molar-refractivity contribution in [3.63, 3.8) is 0 Å². The number of ether oxygens (including phenoxy) is 1. The third-order valence-corrected chi connectivity index (χ3v) is 3.62. The van der Waals surface area contributed by atoms with Gasteiger partial charge in [0.25, 0.3) is 11.8 Å². The van der Waals surface area contributed by atoms with Crippen LogP contribution < -0.4 is 11.1 Å². The number of nitrogens with two attached hydrogens (primary N) is 1. The molecule has 2 atom stereocenters. The van der Waals surface area contributed by atoms with Gasteiger partial charge in [-0.2, -0.15) is 0 Å². The molecule has 3 N–H and O–H groups in total. The molecule has 1 aromatic carbocycles. The van der Waals surface area contributed by atoms with Gasteiger partial charge in [0.2, 0.25) is 0 Å². The minimum atomic E-state index is -1.08. The Morgan fingerprint density at radius 2 is 1.78 bits per heavy atom. The van der Waals surface area contributed by atoms with Gasteiger partial charge in [-0.1, -0.05) is 37.0 Å². The van der Waals surface area contributed by atoms with E-state index in [-0.39, 0.29) is 16.5 Å². The summed E-state index contributed by atoms with van der Waals surface area (Å²) in [4.78, 5) is 35.4. The molecule has 0 aromatic heterocycles. The van der Waals surface area contributed by atoms with E-state index in [9.17, 15) is 14.4 Å². The zero-order valence-electron chi connectivity index (χ0n) is 12.9. The number of esters is 1. The van der Waals surface area contributed by atoms with Crippen molar-refractivity contribution in [2.24, 2.45) is 11.7 Å². The van der Waals surface area contributed by atoms with Crippen LogP contribution in [0.25, 0.3) is 0 Å². The molecule has 23 heavy (non-hydrogen) atoms. The Kier molecular flexibility index (Phi) is 6.84. The maximum Gasteiger partial charge on any atom is 0.329 e. The molecule has 1 rings (SSSR count). The summed E-state index contributed by atoms with van der Waals surface area (Å²) in [5.74, 6) is -2.33. The Bertz CT molecular complexity index is 619. The van der Waals surface area contributed by atoms with Gasteiger partial charge in [0.1, 0.15) is 6.04 Å². The number of hydrogen-bond donors (Lipinski definition) is 2. The molecule has 8 heteroatoms. The van der Waals surface area contributed by atoms with E-state index in [0.29, 0.717) is 5.02 Å². The van der Waals surface area contributed by atoms with Crippen LogP contribution >= 0.6 is 23.2 Å². The molecule has 0 radical (unpaired) electrons. The summed E-state index contributed by atoms with van der Waals surface area (Å²) in [6.07, 6.45) is -1.08. The number of nitrogens with one attached hydrogen (secondary N) is 1. The fourth-order valence-electron chi connectivity index (χ4n) is 1.70. The van der Waals surface area contributed by atoms with E-state index in [2.05, 4.69) is 5.32 Å². The fraction of sp³-hybridized carbons (Fsp3) is 0.400. The van der Waals surface area contributed by atoms with E-state index in [1.165, 1.54) is 25.1 Å². The fourth-order valence-corrected chi connectivity index (χ4v) is 2.19. The molecule has 0 heterocycles. The van der Waals surface area contributed by atoms with Crippen LogP contribution in [0.1, 0.15) is 31.1 Å². The number of benzene rings is 1. The van der Waals surface area contributed by atoms with Gasteiger partial charge in [-0.25, -0.2) is 4.79 Å². The molecule has 0 aliphatic carbocycles. The van der Waals surface area contributed by atoms with Crippen LogP contribution in [0.3, 0.4) is 0 Å². The average Bonchev–Trinajstić information content (AvgIpc) is 2.43. The van der Waals surface area contributed by atoms with Crippen LogP contribution in [0.4, 0.5) is 0 Å². The first kappa shape index (κ1) is 19.3. The minimum absolute atomic E-state index is 0.163. The van der Waals surface area contributed by atoms with Crippen LogP contribution in [0, 0.1) is 5.92 Å². The topological polar surface area (TPSA) is 98.5 Å². The lowest BCUT2D eigenvalue weighted by molar-refractivity contribution is -0.156. The highest BCUT2D eigenvalue weighted by atomic mass is 35.5. The molecule has 126 valence electrons. The number of primary amides is 1. The second-order valence-corrected chi connectivity index (χ2v) is 6.14. The summed E-state index contributed by atoms with van der Waals surface area (Å²) < 4.78 is 4.94. The molecular weight excluding hydrogens is 343 g/mol. The second-order valence-electron chi connectivity index (χ2n) is 5.30. The lowest BCUT2D eigenvalue weighted by Gasteiger charge is -2.22. The highest BCUT2D eigenvalue weighted by Crippen LogP contribution is 2.21. The summed E-state index contributed by atoms with van der Waals surface area (Å²) >= 11 is 11.8. The van der Waals surface area contributed by atoms with Gasteiger partial charge in [0.15, 0.2) is 6.10 Å². The average molecular weight is 361 g/mol. The predicted octanol–water partition coefficient (Wildman–Crippen LogP) is 2.16. The van der Waals surface area contributed by atoms with Gasteiger partial charge in [-0.3, -0.25) is 9.59 Å². The van der Waals surface area contributed by atoms with Crippen LogP contribution in [-0.4, -0.2) is 29.9 Å². The van der Waals surface area contributed by atoms with Crippen molar-refractivity contribution in [3.8, 4) is 0 Å². The molecule has 0 aliphatic heterocycles.